The molecule has 3 fully saturated rings. The lowest BCUT2D eigenvalue weighted by atomic mass is 9.33. The quantitative estimate of drug-likeness (QED) is 0.233. The first-order chi connectivity index (χ1) is 16.7. The maximum atomic E-state index is 12.4. The third-order valence-corrected chi connectivity index (χ3v) is 12.1. The lowest BCUT2D eigenvalue weighted by Gasteiger charge is -2.71. The second-order valence-electron chi connectivity index (χ2n) is 13.5. The van der Waals surface area contributed by atoms with Crippen molar-refractivity contribution in [1.82, 2.24) is 0 Å². The third kappa shape index (κ3) is 2.86. The van der Waals surface area contributed by atoms with Crippen LogP contribution >= 0.6 is 0 Å². The van der Waals surface area contributed by atoms with E-state index >= 15 is 0 Å². The molecule has 0 radical (unpaired) electrons. The maximum Gasteiger partial charge on any atom is 0.309 e. The lowest BCUT2D eigenvalue weighted by molar-refractivity contribution is -0.183. The molecule has 5 rings (SSSR count). The summed E-state index contributed by atoms with van der Waals surface area (Å²) in [6.45, 7) is 13.3. The van der Waals surface area contributed by atoms with Gasteiger partial charge in [0.2, 0.25) is 0 Å². The molecule has 1 aromatic rings. The van der Waals surface area contributed by atoms with Crippen LogP contribution in [0.1, 0.15) is 109 Å². The minimum absolute atomic E-state index is 0.00681. The summed E-state index contributed by atoms with van der Waals surface area (Å²) in [6, 6.07) is 1.76. The summed E-state index contributed by atoms with van der Waals surface area (Å²) in [4.78, 5) is 12.4. The fourth-order valence-electron chi connectivity index (χ4n) is 9.63. The number of terminal acetylenes is 1. The zero-order valence-corrected chi connectivity index (χ0v) is 22.8. The van der Waals surface area contributed by atoms with E-state index in [-0.39, 0.29) is 39.1 Å². The molecule has 0 aliphatic heterocycles. The molecule has 7 atom stereocenters. The maximum absolute atomic E-state index is 12.4. The Hall–Kier alpha value is -2.41. The summed E-state index contributed by atoms with van der Waals surface area (Å²) in [7, 11) is 0. The van der Waals surface area contributed by atoms with Crippen LogP contribution < -0.4 is 0 Å². The lowest BCUT2D eigenvalue weighted by Crippen LogP contribution is -2.63. The zero-order valence-electron chi connectivity index (χ0n) is 22.8. The highest BCUT2D eigenvalue weighted by molar-refractivity contribution is 5.74. The SMILES string of the molecule is C#CC1C=C2[C@@](C)(CC[C@@]3(CC)[C@@H]4C[C@](C)(C(=O)O)CC[C@]4(C)CC[C@]23C)c2cc(O)c(O)c(C)c21. The van der Waals surface area contributed by atoms with E-state index in [1.165, 1.54) is 5.57 Å². The minimum atomic E-state index is -0.680. The van der Waals surface area contributed by atoms with Crippen LogP contribution in [0.5, 0.6) is 11.5 Å². The van der Waals surface area contributed by atoms with Crippen molar-refractivity contribution < 1.29 is 20.1 Å². The Bertz CT molecular complexity index is 1220. The zero-order chi connectivity index (χ0) is 26.5. The monoisotopic (exact) mass is 490 g/mol. The summed E-state index contributed by atoms with van der Waals surface area (Å²) < 4.78 is 0. The van der Waals surface area contributed by atoms with E-state index in [1.54, 1.807) is 6.07 Å². The second-order valence-corrected chi connectivity index (χ2v) is 13.5. The number of hydrogen-bond acceptors (Lipinski definition) is 3. The van der Waals surface area contributed by atoms with Crippen molar-refractivity contribution in [1.29, 1.82) is 0 Å². The number of phenolic OH excluding ortho intramolecular Hbond substituents is 2. The molecule has 3 saturated carbocycles. The fourth-order valence-corrected chi connectivity index (χ4v) is 9.63. The predicted molar refractivity (Wildman–Crippen MR) is 142 cm³/mol. The second kappa shape index (κ2) is 7.56. The van der Waals surface area contributed by atoms with Crippen molar-refractivity contribution in [2.45, 2.75) is 104 Å². The van der Waals surface area contributed by atoms with E-state index in [0.717, 1.165) is 62.5 Å². The van der Waals surface area contributed by atoms with Gasteiger partial charge in [0.05, 0.1) is 11.3 Å². The number of aliphatic carboxylic acids is 1. The summed E-state index contributed by atoms with van der Waals surface area (Å²) in [5.41, 5.74) is 3.10. The van der Waals surface area contributed by atoms with Gasteiger partial charge in [-0.2, -0.15) is 0 Å². The van der Waals surface area contributed by atoms with Crippen molar-refractivity contribution in [3.63, 3.8) is 0 Å². The van der Waals surface area contributed by atoms with Crippen molar-refractivity contribution >= 4 is 5.97 Å². The number of carboxylic acids is 1. The molecule has 3 N–H and O–H groups in total. The van der Waals surface area contributed by atoms with Gasteiger partial charge in [0.1, 0.15) is 0 Å². The first kappa shape index (κ1) is 25.2. The first-order valence-electron chi connectivity index (χ1n) is 13.7. The molecule has 0 heterocycles. The molecule has 4 aliphatic rings. The van der Waals surface area contributed by atoms with Crippen molar-refractivity contribution in [2.24, 2.45) is 27.6 Å². The van der Waals surface area contributed by atoms with Crippen LogP contribution in [0.2, 0.25) is 0 Å². The average Bonchev–Trinajstić information content (AvgIpc) is 2.84. The average molecular weight is 491 g/mol. The van der Waals surface area contributed by atoms with Crippen LogP contribution in [0.3, 0.4) is 0 Å². The molecular formula is C32H42O4. The van der Waals surface area contributed by atoms with Gasteiger partial charge in [0.15, 0.2) is 11.5 Å². The molecule has 1 unspecified atom stereocenters. The van der Waals surface area contributed by atoms with Gasteiger partial charge in [-0.05, 0) is 110 Å². The number of carbonyl (C=O) groups is 1. The number of benzene rings is 1. The van der Waals surface area contributed by atoms with Crippen LogP contribution in [0, 0.1) is 46.8 Å². The van der Waals surface area contributed by atoms with Gasteiger partial charge in [-0.1, -0.05) is 45.3 Å². The van der Waals surface area contributed by atoms with Crippen molar-refractivity contribution in [3.05, 3.63) is 34.4 Å². The van der Waals surface area contributed by atoms with Crippen LogP contribution in [-0.2, 0) is 10.2 Å². The molecule has 4 nitrogen and oxygen atoms in total. The van der Waals surface area contributed by atoms with Crippen molar-refractivity contribution in [2.75, 3.05) is 0 Å². The van der Waals surface area contributed by atoms with E-state index < -0.39 is 11.4 Å². The Morgan fingerprint density at radius 3 is 2.36 bits per heavy atom. The molecule has 4 heteroatoms. The smallest absolute Gasteiger partial charge is 0.309 e. The normalized spacial score (nSPS) is 43.2. The van der Waals surface area contributed by atoms with Crippen LogP contribution in [-0.4, -0.2) is 21.3 Å². The largest absolute Gasteiger partial charge is 0.504 e. The van der Waals surface area contributed by atoms with Gasteiger partial charge >= 0.3 is 5.97 Å². The Kier molecular flexibility index (Phi) is 5.30. The molecule has 0 saturated heterocycles. The highest BCUT2D eigenvalue weighted by Gasteiger charge is 2.68. The summed E-state index contributed by atoms with van der Waals surface area (Å²) in [6.07, 6.45) is 16.0. The molecule has 194 valence electrons. The predicted octanol–water partition coefficient (Wildman–Crippen LogP) is 7.21. The minimum Gasteiger partial charge on any atom is -0.504 e. The van der Waals surface area contributed by atoms with E-state index in [1.807, 2.05) is 13.8 Å². The summed E-state index contributed by atoms with van der Waals surface area (Å²) in [5, 5.41) is 31.4. The van der Waals surface area contributed by atoms with Crippen LogP contribution in [0.25, 0.3) is 0 Å². The number of rotatable bonds is 2. The standard InChI is InChI=1S/C32H42O4/c1-8-20-16-23-30(6,21-17-22(33)26(34)19(3)25(20)21)13-15-32(9-2)24-18-29(5,27(35)36)11-10-28(24,4)12-14-31(23,32)7/h1,16-17,20,24,33-34H,9-15,18H2,2-7H3,(H,35,36)/t20?,24-,28-,29-,30+,31-,32+/m1/s1. The molecule has 36 heavy (non-hydrogen) atoms. The number of carboxylic acid groups (broad SMARTS) is 1. The van der Waals surface area contributed by atoms with Gasteiger partial charge < -0.3 is 15.3 Å². The van der Waals surface area contributed by atoms with Crippen molar-refractivity contribution in [3.8, 4) is 23.8 Å². The topological polar surface area (TPSA) is 77.8 Å². The number of allylic oxidation sites excluding steroid dienone is 2. The van der Waals surface area contributed by atoms with Gasteiger partial charge in [0.25, 0.3) is 0 Å². The fraction of sp³-hybridized carbons (Fsp3) is 0.656. The van der Waals surface area contributed by atoms with E-state index in [2.05, 4.69) is 39.7 Å². The Balaban J connectivity index is 1.72. The molecular weight excluding hydrogens is 448 g/mol. The highest BCUT2D eigenvalue weighted by atomic mass is 16.4. The van der Waals surface area contributed by atoms with Gasteiger partial charge in [-0.15, -0.1) is 6.42 Å². The van der Waals surface area contributed by atoms with Gasteiger partial charge in [0, 0.05) is 5.41 Å². The van der Waals surface area contributed by atoms with Gasteiger partial charge in [-0.3, -0.25) is 4.79 Å². The number of fused-ring (bicyclic) bond motifs is 7. The third-order valence-electron chi connectivity index (χ3n) is 12.1. The highest BCUT2D eigenvalue weighted by Crippen LogP contribution is 2.76. The number of phenols is 2. The van der Waals surface area contributed by atoms with E-state index in [9.17, 15) is 20.1 Å². The number of hydrogen-bond donors (Lipinski definition) is 3. The Labute approximate surface area is 216 Å². The summed E-state index contributed by atoms with van der Waals surface area (Å²) >= 11 is 0. The molecule has 1 aromatic carbocycles. The Morgan fingerprint density at radius 2 is 1.75 bits per heavy atom. The van der Waals surface area contributed by atoms with E-state index in [4.69, 9.17) is 6.42 Å². The molecule has 0 aromatic heterocycles. The first-order valence-corrected chi connectivity index (χ1v) is 13.7. The number of aromatic hydroxyl groups is 2. The molecule has 0 spiro atoms. The van der Waals surface area contributed by atoms with E-state index in [0.29, 0.717) is 11.5 Å². The molecule has 4 aliphatic carbocycles. The summed E-state index contributed by atoms with van der Waals surface area (Å²) in [5.74, 6) is 2.23. The molecule has 0 amide bonds. The Morgan fingerprint density at radius 1 is 1.08 bits per heavy atom. The van der Waals surface area contributed by atoms with Crippen LogP contribution in [0.15, 0.2) is 17.7 Å². The van der Waals surface area contributed by atoms with Gasteiger partial charge in [-0.25, -0.2) is 0 Å². The van der Waals surface area contributed by atoms with Crippen LogP contribution in [0.4, 0.5) is 0 Å². The molecule has 0 bridgehead atoms.